The molecule has 2 saturated heterocycles. The average molecular weight is 223 g/mol. The molecule has 0 amide bonds. The van der Waals surface area contributed by atoms with E-state index in [2.05, 4.69) is 25.4 Å². The van der Waals surface area contributed by atoms with Crippen LogP contribution in [0.1, 0.15) is 12.8 Å². The highest BCUT2D eigenvalue weighted by Gasteiger charge is 2.36. The van der Waals surface area contributed by atoms with E-state index in [4.69, 9.17) is 4.74 Å². The number of aromatic amines is 1. The Morgan fingerprint density at radius 1 is 1.44 bits per heavy atom. The molecule has 2 aliphatic rings. The molecule has 6 heteroatoms. The summed E-state index contributed by atoms with van der Waals surface area (Å²) in [6, 6.07) is 0.981. The van der Waals surface area contributed by atoms with Gasteiger partial charge in [-0.2, -0.15) is 4.98 Å². The molecule has 1 aromatic heterocycles. The Kier molecular flexibility index (Phi) is 2.43. The predicted octanol–water partition coefficient (Wildman–Crippen LogP) is 0.00150. The number of piperidine rings is 1. The van der Waals surface area contributed by atoms with E-state index in [0.717, 1.165) is 31.5 Å². The van der Waals surface area contributed by atoms with Crippen LogP contribution < -0.4 is 15.0 Å². The number of H-pyrrole nitrogens is 1. The monoisotopic (exact) mass is 223 g/mol. The van der Waals surface area contributed by atoms with Crippen molar-refractivity contribution in [3.05, 3.63) is 0 Å². The Morgan fingerprint density at radius 2 is 2.38 bits per heavy atom. The molecule has 16 heavy (non-hydrogen) atoms. The topological polar surface area (TPSA) is 66.1 Å². The van der Waals surface area contributed by atoms with Crippen LogP contribution in [0.5, 0.6) is 6.01 Å². The van der Waals surface area contributed by atoms with E-state index in [1.54, 1.807) is 7.11 Å². The number of nitrogens with zero attached hydrogens (tertiary/aromatic N) is 3. The van der Waals surface area contributed by atoms with Crippen molar-refractivity contribution in [2.24, 2.45) is 5.92 Å². The van der Waals surface area contributed by atoms with E-state index in [1.807, 2.05) is 0 Å². The molecular weight excluding hydrogens is 206 g/mol. The largest absolute Gasteiger partial charge is 0.466 e. The number of hydrogen-bond donors (Lipinski definition) is 2. The molecule has 6 nitrogen and oxygen atoms in total. The van der Waals surface area contributed by atoms with Gasteiger partial charge in [0, 0.05) is 25.7 Å². The highest BCUT2D eigenvalue weighted by Crippen LogP contribution is 2.29. The van der Waals surface area contributed by atoms with Crippen molar-refractivity contribution >= 4 is 5.95 Å². The Bertz CT molecular complexity index is 366. The second-order valence-electron chi connectivity index (χ2n) is 4.47. The van der Waals surface area contributed by atoms with Gasteiger partial charge in [-0.25, -0.2) is 5.10 Å². The summed E-state index contributed by atoms with van der Waals surface area (Å²) in [7, 11) is 1.59. The van der Waals surface area contributed by atoms with Gasteiger partial charge >= 0.3 is 6.01 Å². The van der Waals surface area contributed by atoms with Crippen LogP contribution in [0, 0.1) is 5.92 Å². The van der Waals surface area contributed by atoms with Gasteiger partial charge in [-0.05, 0) is 18.8 Å². The van der Waals surface area contributed by atoms with E-state index >= 15 is 0 Å². The summed E-state index contributed by atoms with van der Waals surface area (Å²) >= 11 is 0. The third-order valence-corrected chi connectivity index (χ3v) is 3.59. The van der Waals surface area contributed by atoms with Crippen LogP contribution in [-0.4, -0.2) is 48.0 Å². The maximum atomic E-state index is 5.00. The number of hydrogen-bond acceptors (Lipinski definition) is 5. The highest BCUT2D eigenvalue weighted by molar-refractivity contribution is 5.34. The molecule has 0 radical (unpaired) electrons. The number of fused-ring (bicyclic) bond motifs is 1. The van der Waals surface area contributed by atoms with E-state index < -0.39 is 0 Å². The van der Waals surface area contributed by atoms with E-state index in [9.17, 15) is 0 Å². The van der Waals surface area contributed by atoms with Gasteiger partial charge in [0.25, 0.3) is 0 Å². The molecule has 0 aromatic carbocycles. The van der Waals surface area contributed by atoms with Crippen molar-refractivity contribution in [1.82, 2.24) is 20.5 Å². The highest BCUT2D eigenvalue weighted by atomic mass is 16.5. The smallest absolute Gasteiger partial charge is 0.336 e. The van der Waals surface area contributed by atoms with Crippen LogP contribution in [0.3, 0.4) is 0 Å². The molecule has 88 valence electrons. The van der Waals surface area contributed by atoms with E-state index in [1.165, 1.54) is 12.8 Å². The lowest BCUT2D eigenvalue weighted by atomic mass is 9.92. The molecule has 2 N–H and O–H groups in total. The molecule has 3 heterocycles. The first kappa shape index (κ1) is 9.89. The Morgan fingerprint density at radius 3 is 3.19 bits per heavy atom. The summed E-state index contributed by atoms with van der Waals surface area (Å²) in [5.74, 6) is 1.60. The van der Waals surface area contributed by atoms with Crippen LogP contribution in [0.25, 0.3) is 0 Å². The van der Waals surface area contributed by atoms with Crippen LogP contribution in [-0.2, 0) is 0 Å². The molecule has 2 aliphatic heterocycles. The van der Waals surface area contributed by atoms with Gasteiger partial charge in [-0.1, -0.05) is 0 Å². The zero-order valence-electron chi connectivity index (χ0n) is 9.44. The molecule has 0 saturated carbocycles. The van der Waals surface area contributed by atoms with E-state index in [-0.39, 0.29) is 0 Å². The fourth-order valence-corrected chi connectivity index (χ4v) is 2.79. The lowest BCUT2D eigenvalue weighted by Gasteiger charge is -2.36. The predicted molar refractivity (Wildman–Crippen MR) is 59.7 cm³/mol. The molecule has 0 aliphatic carbocycles. The first-order valence-electron chi connectivity index (χ1n) is 5.82. The van der Waals surface area contributed by atoms with Crippen LogP contribution in [0.2, 0.25) is 0 Å². The number of aromatic nitrogens is 3. The van der Waals surface area contributed by atoms with Crippen LogP contribution >= 0.6 is 0 Å². The number of nitrogens with one attached hydrogen (secondary N) is 2. The first-order valence-corrected chi connectivity index (χ1v) is 5.82. The fourth-order valence-electron chi connectivity index (χ4n) is 2.79. The first-order chi connectivity index (χ1) is 7.88. The second kappa shape index (κ2) is 3.93. The van der Waals surface area contributed by atoms with Crippen LogP contribution in [0.15, 0.2) is 0 Å². The van der Waals surface area contributed by atoms with Gasteiger partial charge in [-0.15, -0.1) is 5.10 Å². The summed E-state index contributed by atoms with van der Waals surface area (Å²) in [5, 5.41) is 10.4. The normalized spacial score (nSPS) is 29.2. The number of rotatable bonds is 2. The average Bonchev–Trinajstić information content (AvgIpc) is 2.97. The quantitative estimate of drug-likeness (QED) is 0.739. The second-order valence-corrected chi connectivity index (χ2v) is 4.47. The molecule has 0 spiro atoms. The van der Waals surface area contributed by atoms with Crippen molar-refractivity contribution in [3.63, 3.8) is 0 Å². The lowest BCUT2D eigenvalue weighted by molar-refractivity contribution is 0.375. The Labute approximate surface area is 94.4 Å². The standard InChI is InChI=1S/C10H17N5O/c1-16-10-12-9(13-14-10)15-4-2-3-7-5-11-6-8(7)15/h7-8,11H,2-6H2,1H3,(H,12,13,14). The SMILES string of the molecule is COc1n[nH]c(N2CCCC3CNCC32)n1. The zero-order valence-corrected chi connectivity index (χ0v) is 9.44. The third-order valence-electron chi connectivity index (χ3n) is 3.59. The van der Waals surface area contributed by atoms with Gasteiger partial charge in [0.1, 0.15) is 0 Å². The molecular formula is C10H17N5O. The Hall–Kier alpha value is -1.30. The van der Waals surface area contributed by atoms with Crippen molar-refractivity contribution in [1.29, 1.82) is 0 Å². The van der Waals surface area contributed by atoms with Gasteiger partial charge in [0.15, 0.2) is 0 Å². The van der Waals surface area contributed by atoms with Crippen LogP contribution in [0.4, 0.5) is 5.95 Å². The minimum atomic E-state index is 0.420. The van der Waals surface area contributed by atoms with Gasteiger partial charge in [-0.3, -0.25) is 0 Å². The van der Waals surface area contributed by atoms with Crippen molar-refractivity contribution < 1.29 is 4.74 Å². The number of methoxy groups -OCH3 is 1. The van der Waals surface area contributed by atoms with Gasteiger partial charge in [0.05, 0.1) is 7.11 Å². The zero-order chi connectivity index (χ0) is 11.0. The number of ether oxygens (including phenoxy) is 1. The summed E-state index contributed by atoms with van der Waals surface area (Å²) in [6.07, 6.45) is 2.55. The summed E-state index contributed by atoms with van der Waals surface area (Å²) < 4.78 is 5.00. The fraction of sp³-hybridized carbons (Fsp3) is 0.800. The maximum absolute atomic E-state index is 5.00. The van der Waals surface area contributed by atoms with Crippen molar-refractivity contribution in [3.8, 4) is 6.01 Å². The maximum Gasteiger partial charge on any atom is 0.336 e. The summed E-state index contributed by atoms with van der Waals surface area (Å²) in [5.41, 5.74) is 0. The van der Waals surface area contributed by atoms with Crippen molar-refractivity contribution in [2.45, 2.75) is 18.9 Å². The summed E-state index contributed by atoms with van der Waals surface area (Å²) in [4.78, 5) is 6.65. The van der Waals surface area contributed by atoms with Crippen molar-refractivity contribution in [2.75, 3.05) is 31.6 Å². The van der Waals surface area contributed by atoms with Gasteiger partial charge in [0.2, 0.25) is 5.95 Å². The Balaban J connectivity index is 1.82. The van der Waals surface area contributed by atoms with E-state index in [0.29, 0.717) is 12.1 Å². The molecule has 3 rings (SSSR count). The number of anilines is 1. The summed E-state index contributed by atoms with van der Waals surface area (Å²) in [6.45, 7) is 3.24. The molecule has 1 aromatic rings. The molecule has 2 unspecified atom stereocenters. The molecule has 0 bridgehead atoms. The molecule has 2 atom stereocenters. The third kappa shape index (κ3) is 1.53. The van der Waals surface area contributed by atoms with Gasteiger partial charge < -0.3 is 15.0 Å². The molecule has 2 fully saturated rings. The minimum absolute atomic E-state index is 0.420. The minimum Gasteiger partial charge on any atom is -0.466 e. The lowest BCUT2D eigenvalue weighted by Crippen LogP contribution is -2.45.